The molecule has 16 heavy (non-hydrogen) atoms. The van der Waals surface area contributed by atoms with Crippen LogP contribution in [0.1, 0.15) is 12.8 Å². The summed E-state index contributed by atoms with van der Waals surface area (Å²) >= 11 is 0. The normalized spacial score (nSPS) is 15.6. The van der Waals surface area contributed by atoms with Crippen molar-refractivity contribution in [1.29, 1.82) is 0 Å². The Morgan fingerprint density at radius 3 is 2.94 bits per heavy atom. The van der Waals surface area contributed by atoms with Gasteiger partial charge in [0, 0.05) is 19.8 Å². The third-order valence-corrected chi connectivity index (χ3v) is 2.95. The molecule has 2 aromatic rings. The lowest BCUT2D eigenvalue weighted by molar-refractivity contribution is 0.546. The smallest absolute Gasteiger partial charge is 0.175 e. The molecule has 6 heteroatoms. The first-order valence-corrected chi connectivity index (χ1v) is 5.43. The van der Waals surface area contributed by atoms with Crippen LogP contribution in [-0.2, 0) is 13.6 Å². The third-order valence-electron chi connectivity index (χ3n) is 2.95. The van der Waals surface area contributed by atoms with E-state index in [4.69, 9.17) is 5.73 Å². The van der Waals surface area contributed by atoms with Gasteiger partial charge in [0.15, 0.2) is 5.82 Å². The van der Waals surface area contributed by atoms with Crippen molar-refractivity contribution in [1.82, 2.24) is 24.8 Å². The van der Waals surface area contributed by atoms with Crippen LogP contribution in [0.4, 0.5) is 5.82 Å². The maximum atomic E-state index is 5.86. The molecule has 3 rings (SSSR count). The molecule has 0 aromatic carbocycles. The van der Waals surface area contributed by atoms with Crippen molar-refractivity contribution < 1.29 is 0 Å². The summed E-state index contributed by atoms with van der Waals surface area (Å²) in [6.45, 7) is 0.907. The van der Waals surface area contributed by atoms with Gasteiger partial charge in [-0.1, -0.05) is 5.21 Å². The molecule has 2 N–H and O–H groups in total. The number of nitrogens with two attached hydrogens (primary N) is 1. The SMILES string of the molecule is Cn1nccc1-c1c(N)nnn1CC1CC1. The number of nitrogens with zero attached hydrogens (tertiary/aromatic N) is 5. The van der Waals surface area contributed by atoms with Crippen molar-refractivity contribution in [2.24, 2.45) is 13.0 Å². The van der Waals surface area contributed by atoms with Gasteiger partial charge in [0.25, 0.3) is 0 Å². The number of hydrogen-bond donors (Lipinski definition) is 1. The highest BCUT2D eigenvalue weighted by atomic mass is 15.5. The highest BCUT2D eigenvalue weighted by molar-refractivity contribution is 5.66. The van der Waals surface area contributed by atoms with E-state index in [1.807, 2.05) is 17.8 Å². The first kappa shape index (κ1) is 9.38. The monoisotopic (exact) mass is 218 g/mol. The summed E-state index contributed by atoms with van der Waals surface area (Å²) in [4.78, 5) is 0. The predicted molar refractivity (Wildman–Crippen MR) is 59.4 cm³/mol. The fourth-order valence-corrected chi connectivity index (χ4v) is 1.87. The molecule has 0 bridgehead atoms. The fraction of sp³-hybridized carbons (Fsp3) is 0.500. The van der Waals surface area contributed by atoms with E-state index in [0.717, 1.165) is 23.9 Å². The number of aromatic nitrogens is 5. The number of anilines is 1. The van der Waals surface area contributed by atoms with Gasteiger partial charge in [0.1, 0.15) is 5.69 Å². The first-order valence-electron chi connectivity index (χ1n) is 5.43. The van der Waals surface area contributed by atoms with Crippen LogP contribution in [0.25, 0.3) is 11.4 Å². The standard InChI is InChI=1S/C10H14N6/c1-15-8(4-5-12-15)9-10(11)13-14-16(9)6-7-2-3-7/h4-5,7H,2-3,6,11H2,1H3. The van der Waals surface area contributed by atoms with E-state index in [0.29, 0.717) is 5.82 Å². The molecule has 0 amide bonds. The van der Waals surface area contributed by atoms with Crippen LogP contribution < -0.4 is 5.73 Å². The zero-order valence-corrected chi connectivity index (χ0v) is 9.17. The summed E-state index contributed by atoms with van der Waals surface area (Å²) in [5.74, 6) is 1.22. The number of hydrogen-bond acceptors (Lipinski definition) is 4. The Bertz CT molecular complexity index is 507. The average Bonchev–Trinajstić information content (AvgIpc) is 2.87. The molecule has 1 aliphatic rings. The second kappa shape index (κ2) is 3.33. The number of rotatable bonds is 3. The summed E-state index contributed by atoms with van der Waals surface area (Å²) in [5, 5.41) is 12.2. The average molecular weight is 218 g/mol. The Labute approximate surface area is 93.0 Å². The van der Waals surface area contributed by atoms with Gasteiger partial charge in [0.05, 0.1) is 5.69 Å². The van der Waals surface area contributed by atoms with Gasteiger partial charge in [-0.2, -0.15) is 5.10 Å². The Kier molecular flexibility index (Phi) is 1.95. The van der Waals surface area contributed by atoms with Crippen LogP contribution in [0.5, 0.6) is 0 Å². The van der Waals surface area contributed by atoms with Gasteiger partial charge in [-0.3, -0.25) is 4.68 Å². The van der Waals surface area contributed by atoms with Gasteiger partial charge >= 0.3 is 0 Å². The molecule has 1 saturated carbocycles. The lowest BCUT2D eigenvalue weighted by atomic mass is 10.3. The Morgan fingerprint density at radius 1 is 1.50 bits per heavy atom. The molecule has 0 spiro atoms. The molecular weight excluding hydrogens is 204 g/mol. The van der Waals surface area contributed by atoms with Crippen molar-refractivity contribution in [2.45, 2.75) is 19.4 Å². The van der Waals surface area contributed by atoms with Crippen LogP contribution in [0.3, 0.4) is 0 Å². The molecule has 2 aromatic heterocycles. The molecule has 0 saturated heterocycles. The van der Waals surface area contributed by atoms with E-state index in [9.17, 15) is 0 Å². The summed E-state index contributed by atoms with van der Waals surface area (Å²) in [6, 6.07) is 1.93. The number of aryl methyl sites for hydroxylation is 1. The maximum absolute atomic E-state index is 5.86. The van der Waals surface area contributed by atoms with Crippen LogP contribution in [-0.4, -0.2) is 24.8 Å². The summed E-state index contributed by atoms with van der Waals surface area (Å²) in [7, 11) is 1.89. The van der Waals surface area contributed by atoms with Gasteiger partial charge < -0.3 is 5.73 Å². The van der Waals surface area contributed by atoms with Crippen molar-refractivity contribution in [3.63, 3.8) is 0 Å². The van der Waals surface area contributed by atoms with E-state index in [2.05, 4.69) is 15.4 Å². The Hall–Kier alpha value is -1.85. The largest absolute Gasteiger partial charge is 0.380 e. The molecule has 0 radical (unpaired) electrons. The summed E-state index contributed by atoms with van der Waals surface area (Å²) < 4.78 is 3.68. The minimum atomic E-state index is 0.476. The van der Waals surface area contributed by atoms with Crippen molar-refractivity contribution in [3.8, 4) is 11.4 Å². The molecule has 6 nitrogen and oxygen atoms in total. The zero-order chi connectivity index (χ0) is 11.1. The lowest BCUT2D eigenvalue weighted by Gasteiger charge is -2.06. The molecule has 1 aliphatic carbocycles. The predicted octanol–water partition coefficient (Wildman–Crippen LogP) is 0.671. The summed E-state index contributed by atoms with van der Waals surface area (Å²) in [5.41, 5.74) is 7.70. The van der Waals surface area contributed by atoms with E-state index in [1.165, 1.54) is 12.8 Å². The Morgan fingerprint density at radius 2 is 2.31 bits per heavy atom. The molecule has 0 atom stereocenters. The lowest BCUT2D eigenvalue weighted by Crippen LogP contribution is -2.07. The van der Waals surface area contributed by atoms with E-state index in [-0.39, 0.29) is 0 Å². The second-order valence-electron chi connectivity index (χ2n) is 4.29. The van der Waals surface area contributed by atoms with E-state index >= 15 is 0 Å². The minimum absolute atomic E-state index is 0.476. The topological polar surface area (TPSA) is 74.6 Å². The molecule has 1 fully saturated rings. The molecular formula is C10H14N6. The van der Waals surface area contributed by atoms with Crippen molar-refractivity contribution in [2.75, 3.05) is 5.73 Å². The zero-order valence-electron chi connectivity index (χ0n) is 9.17. The van der Waals surface area contributed by atoms with Crippen molar-refractivity contribution >= 4 is 5.82 Å². The third kappa shape index (κ3) is 1.46. The molecule has 0 aliphatic heterocycles. The van der Waals surface area contributed by atoms with Crippen LogP contribution in [0.2, 0.25) is 0 Å². The molecule has 0 unspecified atom stereocenters. The minimum Gasteiger partial charge on any atom is -0.380 e. The van der Waals surface area contributed by atoms with Crippen LogP contribution in [0.15, 0.2) is 12.3 Å². The highest BCUT2D eigenvalue weighted by Crippen LogP contribution is 2.33. The van der Waals surface area contributed by atoms with E-state index < -0.39 is 0 Å². The van der Waals surface area contributed by atoms with E-state index in [1.54, 1.807) is 10.9 Å². The van der Waals surface area contributed by atoms with Crippen LogP contribution in [0, 0.1) is 5.92 Å². The highest BCUT2D eigenvalue weighted by Gasteiger charge is 2.25. The van der Waals surface area contributed by atoms with Gasteiger partial charge in [-0.25, -0.2) is 4.68 Å². The Balaban J connectivity index is 2.04. The second-order valence-corrected chi connectivity index (χ2v) is 4.29. The molecule has 2 heterocycles. The summed E-state index contributed by atoms with van der Waals surface area (Å²) in [6.07, 6.45) is 4.32. The fourth-order valence-electron chi connectivity index (χ4n) is 1.87. The maximum Gasteiger partial charge on any atom is 0.175 e. The first-order chi connectivity index (χ1) is 7.75. The van der Waals surface area contributed by atoms with Crippen LogP contribution >= 0.6 is 0 Å². The van der Waals surface area contributed by atoms with Crippen molar-refractivity contribution in [3.05, 3.63) is 12.3 Å². The molecule has 84 valence electrons. The number of nitrogen functional groups attached to an aromatic ring is 1. The quantitative estimate of drug-likeness (QED) is 0.821. The van der Waals surface area contributed by atoms with Gasteiger partial charge in [-0.05, 0) is 24.8 Å². The van der Waals surface area contributed by atoms with Gasteiger partial charge in [0.2, 0.25) is 0 Å². The van der Waals surface area contributed by atoms with Gasteiger partial charge in [-0.15, -0.1) is 5.10 Å².